The van der Waals surface area contributed by atoms with Crippen LogP contribution in [-0.4, -0.2) is 32.7 Å². The van der Waals surface area contributed by atoms with Crippen LogP contribution < -0.4 is 14.8 Å². The van der Waals surface area contributed by atoms with Crippen LogP contribution in [0.2, 0.25) is 0 Å². The van der Waals surface area contributed by atoms with Crippen LogP contribution in [0, 0.1) is 0 Å². The molecule has 6 heteroatoms. The summed E-state index contributed by atoms with van der Waals surface area (Å²) in [6, 6.07) is 5.26. The Morgan fingerprint density at radius 3 is 2.45 bits per heavy atom. The maximum absolute atomic E-state index is 11.9. The molecule has 0 unspecified atom stereocenters. The molecule has 0 saturated heterocycles. The molecule has 1 amide bonds. The van der Waals surface area contributed by atoms with Crippen molar-refractivity contribution in [2.45, 2.75) is 20.3 Å². The summed E-state index contributed by atoms with van der Waals surface area (Å²) in [7, 11) is 3.09. The summed E-state index contributed by atoms with van der Waals surface area (Å²) >= 11 is 0. The molecule has 0 bridgehead atoms. The topological polar surface area (TPSA) is 73.9 Å². The lowest BCUT2D eigenvalue weighted by atomic mass is 10.1. The Morgan fingerprint density at radius 2 is 1.86 bits per heavy atom. The first kappa shape index (κ1) is 17.6. The fourth-order valence-corrected chi connectivity index (χ4v) is 1.84. The summed E-state index contributed by atoms with van der Waals surface area (Å²) in [6.45, 7) is 3.64. The summed E-state index contributed by atoms with van der Waals surface area (Å²) in [5.41, 5.74) is 1.21. The van der Waals surface area contributed by atoms with Gasteiger partial charge in [0.1, 0.15) is 0 Å². The number of benzene rings is 1. The third-order valence-electron chi connectivity index (χ3n) is 2.77. The van der Waals surface area contributed by atoms with Gasteiger partial charge in [0, 0.05) is 11.8 Å². The maximum atomic E-state index is 11.9. The average molecular weight is 307 g/mol. The number of methoxy groups -OCH3 is 2. The second-order valence-corrected chi connectivity index (χ2v) is 4.49. The zero-order valence-corrected chi connectivity index (χ0v) is 13.3. The Kier molecular flexibility index (Phi) is 6.95. The highest BCUT2D eigenvalue weighted by Gasteiger charge is 2.09. The van der Waals surface area contributed by atoms with Crippen LogP contribution in [0.1, 0.15) is 19.4 Å². The summed E-state index contributed by atoms with van der Waals surface area (Å²) in [5.74, 6) is 0.452. The van der Waals surface area contributed by atoms with Gasteiger partial charge in [0.25, 0.3) is 0 Å². The van der Waals surface area contributed by atoms with Gasteiger partial charge in [-0.15, -0.1) is 0 Å². The SMILES string of the molecule is CCOC(=O)/C=C(\C)NC(=O)Cc1ccc(OC)c(OC)c1. The largest absolute Gasteiger partial charge is 0.493 e. The van der Waals surface area contributed by atoms with Gasteiger partial charge in [0.2, 0.25) is 5.91 Å². The summed E-state index contributed by atoms with van der Waals surface area (Å²) < 4.78 is 15.1. The standard InChI is InChI=1S/C16H21NO5/c1-5-22-16(19)8-11(2)17-15(18)10-12-6-7-13(20-3)14(9-12)21-4/h6-9H,5,10H2,1-4H3,(H,17,18)/b11-8+. The monoisotopic (exact) mass is 307 g/mol. The van der Waals surface area contributed by atoms with Crippen molar-refractivity contribution < 1.29 is 23.8 Å². The van der Waals surface area contributed by atoms with E-state index in [4.69, 9.17) is 14.2 Å². The normalized spacial score (nSPS) is 10.8. The molecule has 0 fully saturated rings. The van der Waals surface area contributed by atoms with Gasteiger partial charge in [-0.05, 0) is 31.5 Å². The summed E-state index contributed by atoms with van der Waals surface area (Å²) in [5, 5.41) is 2.63. The Labute approximate surface area is 130 Å². The van der Waals surface area contributed by atoms with Crippen LogP contribution in [0.25, 0.3) is 0 Å². The van der Waals surface area contributed by atoms with E-state index in [1.165, 1.54) is 13.2 Å². The number of hydrogen-bond acceptors (Lipinski definition) is 5. The minimum atomic E-state index is -0.480. The van der Waals surface area contributed by atoms with E-state index in [1.54, 1.807) is 39.2 Å². The minimum Gasteiger partial charge on any atom is -0.493 e. The van der Waals surface area contributed by atoms with Gasteiger partial charge in [0.15, 0.2) is 11.5 Å². The third kappa shape index (κ3) is 5.47. The molecule has 0 aliphatic rings. The van der Waals surface area contributed by atoms with Crippen LogP contribution in [-0.2, 0) is 20.7 Å². The number of rotatable bonds is 7. The fraction of sp³-hybridized carbons (Fsp3) is 0.375. The molecule has 0 saturated carbocycles. The van der Waals surface area contributed by atoms with Crippen LogP contribution in [0.15, 0.2) is 30.0 Å². The van der Waals surface area contributed by atoms with Crippen LogP contribution >= 0.6 is 0 Å². The molecular weight excluding hydrogens is 286 g/mol. The van der Waals surface area contributed by atoms with Crippen LogP contribution in [0.4, 0.5) is 0 Å². The van der Waals surface area contributed by atoms with Gasteiger partial charge in [0.05, 0.1) is 27.2 Å². The van der Waals surface area contributed by atoms with E-state index in [2.05, 4.69) is 5.32 Å². The van der Waals surface area contributed by atoms with Crippen molar-refractivity contribution in [1.82, 2.24) is 5.32 Å². The van der Waals surface area contributed by atoms with Crippen molar-refractivity contribution in [3.63, 3.8) is 0 Å². The lowest BCUT2D eigenvalue weighted by molar-refractivity contribution is -0.137. The third-order valence-corrected chi connectivity index (χ3v) is 2.77. The Morgan fingerprint density at radius 1 is 1.18 bits per heavy atom. The molecule has 0 atom stereocenters. The molecule has 1 N–H and O–H groups in total. The van der Waals surface area contributed by atoms with Gasteiger partial charge in [-0.25, -0.2) is 4.79 Å². The molecule has 120 valence electrons. The van der Waals surface area contributed by atoms with Crippen molar-refractivity contribution in [3.8, 4) is 11.5 Å². The molecule has 6 nitrogen and oxygen atoms in total. The van der Waals surface area contributed by atoms with Crippen LogP contribution in [0.3, 0.4) is 0 Å². The predicted molar refractivity (Wildman–Crippen MR) is 81.8 cm³/mol. The number of carbonyl (C=O) groups excluding carboxylic acids is 2. The van der Waals surface area contributed by atoms with E-state index in [9.17, 15) is 9.59 Å². The smallest absolute Gasteiger partial charge is 0.332 e. The first-order chi connectivity index (χ1) is 10.5. The predicted octanol–water partition coefficient (Wildman–Crippen LogP) is 1.83. The van der Waals surface area contributed by atoms with E-state index >= 15 is 0 Å². The molecule has 1 aromatic carbocycles. The highest BCUT2D eigenvalue weighted by molar-refractivity contribution is 5.85. The number of esters is 1. The number of amides is 1. The van der Waals surface area contributed by atoms with Crippen LogP contribution in [0.5, 0.6) is 11.5 Å². The van der Waals surface area contributed by atoms with E-state index in [-0.39, 0.29) is 12.3 Å². The number of nitrogens with one attached hydrogen (secondary N) is 1. The first-order valence-corrected chi connectivity index (χ1v) is 6.86. The zero-order chi connectivity index (χ0) is 16.5. The molecule has 0 aliphatic heterocycles. The molecular formula is C16H21NO5. The Bertz CT molecular complexity index is 566. The molecule has 1 rings (SSSR count). The lowest BCUT2D eigenvalue weighted by Gasteiger charge is -2.10. The molecule has 0 radical (unpaired) electrons. The molecule has 0 heterocycles. The summed E-state index contributed by atoms with van der Waals surface area (Å²) in [4.78, 5) is 23.2. The van der Waals surface area contributed by atoms with Gasteiger partial charge < -0.3 is 19.5 Å². The number of carbonyl (C=O) groups is 2. The summed E-state index contributed by atoms with van der Waals surface area (Å²) in [6.07, 6.45) is 1.41. The maximum Gasteiger partial charge on any atom is 0.332 e. The van der Waals surface area contributed by atoms with Crippen molar-refractivity contribution in [2.24, 2.45) is 0 Å². The Balaban J connectivity index is 2.67. The minimum absolute atomic E-state index is 0.161. The van der Waals surface area contributed by atoms with E-state index in [0.29, 0.717) is 23.8 Å². The molecule has 1 aromatic rings. The van der Waals surface area contributed by atoms with Gasteiger partial charge >= 0.3 is 5.97 Å². The Hall–Kier alpha value is -2.50. The van der Waals surface area contributed by atoms with Gasteiger partial charge in [-0.1, -0.05) is 6.07 Å². The quantitative estimate of drug-likeness (QED) is 0.614. The molecule has 0 aromatic heterocycles. The van der Waals surface area contributed by atoms with Crippen molar-refractivity contribution in [1.29, 1.82) is 0 Å². The van der Waals surface area contributed by atoms with E-state index < -0.39 is 5.97 Å². The molecule has 22 heavy (non-hydrogen) atoms. The highest BCUT2D eigenvalue weighted by atomic mass is 16.5. The van der Waals surface area contributed by atoms with E-state index in [0.717, 1.165) is 5.56 Å². The van der Waals surface area contributed by atoms with Crippen molar-refractivity contribution in [3.05, 3.63) is 35.5 Å². The number of hydrogen-bond donors (Lipinski definition) is 1. The fourth-order valence-electron chi connectivity index (χ4n) is 1.84. The first-order valence-electron chi connectivity index (χ1n) is 6.86. The van der Waals surface area contributed by atoms with Gasteiger partial charge in [-0.2, -0.15) is 0 Å². The number of allylic oxidation sites excluding steroid dienone is 1. The second kappa shape index (κ2) is 8.71. The van der Waals surface area contributed by atoms with Crippen molar-refractivity contribution >= 4 is 11.9 Å². The lowest BCUT2D eigenvalue weighted by Crippen LogP contribution is -2.24. The van der Waals surface area contributed by atoms with E-state index in [1.807, 2.05) is 0 Å². The average Bonchev–Trinajstić information content (AvgIpc) is 2.46. The highest BCUT2D eigenvalue weighted by Crippen LogP contribution is 2.27. The second-order valence-electron chi connectivity index (χ2n) is 4.49. The number of ether oxygens (including phenoxy) is 3. The molecule has 0 spiro atoms. The molecule has 0 aliphatic carbocycles. The zero-order valence-electron chi connectivity index (χ0n) is 13.3. The van der Waals surface area contributed by atoms with Crippen molar-refractivity contribution in [2.75, 3.05) is 20.8 Å². The van der Waals surface area contributed by atoms with Gasteiger partial charge in [-0.3, -0.25) is 4.79 Å².